The van der Waals surface area contributed by atoms with E-state index in [1.165, 1.54) is 29.7 Å². The summed E-state index contributed by atoms with van der Waals surface area (Å²) in [5.41, 5.74) is -0.510. The van der Waals surface area contributed by atoms with Crippen LogP contribution in [0.5, 0.6) is 11.5 Å². The molecule has 0 unspecified atom stereocenters. The summed E-state index contributed by atoms with van der Waals surface area (Å²) in [7, 11) is 0. The van der Waals surface area contributed by atoms with E-state index in [9.17, 15) is 32.3 Å². The molecule has 1 aliphatic carbocycles. The van der Waals surface area contributed by atoms with Crippen LogP contribution in [0.3, 0.4) is 0 Å². The summed E-state index contributed by atoms with van der Waals surface area (Å²) in [4.78, 5) is 33.6. The molecule has 10 nitrogen and oxygen atoms in total. The Morgan fingerprint density at radius 3 is 2.53 bits per heavy atom. The number of fused-ring (bicyclic) bond motifs is 2. The smallest absolute Gasteiger partial charge is 0.424 e. The van der Waals surface area contributed by atoms with Crippen LogP contribution < -0.4 is 20.5 Å². The van der Waals surface area contributed by atoms with Gasteiger partial charge in [-0.3, -0.25) is 9.59 Å². The number of nitrogens with two attached hydrogens (primary N) is 1. The highest BCUT2D eigenvalue weighted by Gasteiger charge is 2.57. The van der Waals surface area contributed by atoms with Crippen LogP contribution in [0.15, 0.2) is 54.9 Å². The van der Waals surface area contributed by atoms with Crippen molar-refractivity contribution in [2.24, 2.45) is 5.73 Å². The number of halogens is 4. The van der Waals surface area contributed by atoms with Crippen molar-refractivity contribution in [2.45, 2.75) is 43.1 Å². The Hall–Kier alpha value is -4.72. The van der Waals surface area contributed by atoms with E-state index < -0.39 is 47.1 Å². The number of carbonyl (C=O) groups is 2. The largest absolute Gasteiger partial charge is 0.489 e. The molecule has 0 saturated heterocycles. The van der Waals surface area contributed by atoms with E-state index in [1.807, 2.05) is 0 Å². The third-order valence-electron chi connectivity index (χ3n) is 7.62. The lowest BCUT2D eigenvalue weighted by molar-refractivity contribution is -0.265. The average molecular weight is 600 g/mol. The van der Waals surface area contributed by atoms with Gasteiger partial charge in [0.1, 0.15) is 46.4 Å². The van der Waals surface area contributed by atoms with Crippen LogP contribution in [-0.2, 0) is 15.8 Å². The normalized spacial score (nSPS) is 19.4. The summed E-state index contributed by atoms with van der Waals surface area (Å²) < 4.78 is 70.3. The zero-order valence-corrected chi connectivity index (χ0v) is 22.6. The summed E-state index contributed by atoms with van der Waals surface area (Å²) in [6.07, 6.45) is -0.404. The van der Waals surface area contributed by atoms with Crippen molar-refractivity contribution in [3.8, 4) is 22.8 Å². The van der Waals surface area contributed by atoms with Crippen molar-refractivity contribution in [1.29, 1.82) is 0 Å². The Balaban J connectivity index is 1.36. The van der Waals surface area contributed by atoms with Gasteiger partial charge in [0.2, 0.25) is 11.5 Å². The maximum absolute atomic E-state index is 14.6. The summed E-state index contributed by atoms with van der Waals surface area (Å²) in [6, 6.07) is 8.85. The Labute approximate surface area is 241 Å². The highest BCUT2D eigenvalue weighted by Crippen LogP contribution is 2.47. The Morgan fingerprint density at radius 1 is 1.16 bits per heavy atom. The second kappa shape index (κ2) is 9.93. The first-order chi connectivity index (χ1) is 20.3. The Kier molecular flexibility index (Phi) is 6.56. The minimum absolute atomic E-state index is 0.0278. The number of carbonyl (C=O) groups excluding carboxylic acids is 2. The van der Waals surface area contributed by atoms with Gasteiger partial charge in [0.25, 0.3) is 5.91 Å². The first-order valence-corrected chi connectivity index (χ1v) is 13.3. The molecule has 2 aliphatic rings. The molecule has 0 spiro atoms. The fourth-order valence-electron chi connectivity index (χ4n) is 4.77. The van der Waals surface area contributed by atoms with Crippen LogP contribution in [0.4, 0.5) is 17.6 Å². The van der Waals surface area contributed by atoms with E-state index in [1.54, 1.807) is 18.3 Å². The molecule has 4 heterocycles. The average Bonchev–Trinajstić information content (AvgIpc) is 3.56. The molecule has 0 radical (unpaired) electrons. The van der Waals surface area contributed by atoms with E-state index >= 15 is 0 Å². The highest BCUT2D eigenvalue weighted by molar-refractivity contribution is 5.93. The molecule has 14 heteroatoms. The lowest BCUT2D eigenvalue weighted by Gasteiger charge is -2.31. The number of aliphatic hydroxyl groups is 1. The maximum atomic E-state index is 14.6. The predicted octanol–water partition coefficient (Wildman–Crippen LogP) is 3.39. The van der Waals surface area contributed by atoms with Crippen molar-refractivity contribution >= 4 is 17.5 Å². The van der Waals surface area contributed by atoms with Crippen LogP contribution in [0, 0.1) is 5.82 Å². The second-order valence-corrected chi connectivity index (χ2v) is 10.8. The van der Waals surface area contributed by atoms with Crippen LogP contribution in [0.25, 0.3) is 16.9 Å². The quantitative estimate of drug-likeness (QED) is 0.264. The molecule has 2 amide bonds. The number of primary amides is 1. The van der Waals surface area contributed by atoms with Crippen molar-refractivity contribution < 1.29 is 41.7 Å². The number of nitrogens with one attached hydrogen (secondary N) is 1. The summed E-state index contributed by atoms with van der Waals surface area (Å²) >= 11 is 0. The number of hydrogen-bond donors (Lipinski definition) is 3. The fraction of sp³-hybridized carbons (Fsp3) is 0.310. The molecule has 4 aromatic rings. The van der Waals surface area contributed by atoms with Gasteiger partial charge in [0, 0.05) is 17.3 Å². The third kappa shape index (κ3) is 5.01. The van der Waals surface area contributed by atoms with Gasteiger partial charge >= 0.3 is 6.18 Å². The third-order valence-corrected chi connectivity index (χ3v) is 7.62. The number of alkyl halides is 3. The van der Waals surface area contributed by atoms with E-state index in [0.29, 0.717) is 11.4 Å². The van der Waals surface area contributed by atoms with E-state index in [4.69, 9.17) is 15.2 Å². The first-order valence-electron chi connectivity index (χ1n) is 13.3. The number of hydrogen-bond acceptors (Lipinski definition) is 7. The molecule has 43 heavy (non-hydrogen) atoms. The minimum Gasteiger partial charge on any atom is -0.489 e. The van der Waals surface area contributed by atoms with Crippen molar-refractivity contribution in [2.75, 3.05) is 13.2 Å². The number of ether oxygens (including phenoxy) is 2. The Bertz CT molecular complexity index is 1750. The maximum Gasteiger partial charge on any atom is 0.424 e. The zero-order chi connectivity index (χ0) is 30.7. The van der Waals surface area contributed by atoms with Crippen molar-refractivity contribution in [1.82, 2.24) is 19.7 Å². The van der Waals surface area contributed by atoms with Gasteiger partial charge in [0.15, 0.2) is 0 Å². The summed E-state index contributed by atoms with van der Waals surface area (Å²) in [6.45, 7) is -0.250. The second-order valence-electron chi connectivity index (χ2n) is 10.8. The molecule has 6 rings (SSSR count). The standard InChI is InChI=1S/C29H25F4N5O5/c1-27(26(34)40)14-42-24-19(27)10-21(37-23(24)15-2-4-16(30)5-3-15)28(41,29(31,32)33)13-35-25(39)20-12-38-11-18(43-17-6-7-17)8-9-22(38)36-20/h2-5,8-12,17,41H,6-7,13-14H2,1H3,(H2,34,40)(H,35,39)/t27-,28-/m0/s1. The van der Waals surface area contributed by atoms with E-state index in [2.05, 4.69) is 15.3 Å². The molecule has 3 aromatic heterocycles. The number of imidazole rings is 1. The Morgan fingerprint density at radius 2 is 1.88 bits per heavy atom. The van der Waals surface area contributed by atoms with Crippen LogP contribution in [0.2, 0.25) is 0 Å². The molecule has 224 valence electrons. The van der Waals surface area contributed by atoms with E-state index in [0.717, 1.165) is 31.0 Å². The molecule has 1 saturated carbocycles. The molecule has 1 fully saturated rings. The minimum atomic E-state index is -5.35. The number of rotatable bonds is 8. The van der Waals surface area contributed by atoms with Crippen LogP contribution >= 0.6 is 0 Å². The molecule has 2 atom stereocenters. The molecular weight excluding hydrogens is 574 g/mol. The topological polar surface area (TPSA) is 141 Å². The first kappa shape index (κ1) is 28.4. The predicted molar refractivity (Wildman–Crippen MR) is 143 cm³/mol. The molecular formula is C29H25F4N5O5. The summed E-state index contributed by atoms with van der Waals surface area (Å²) in [5, 5.41) is 13.3. The van der Waals surface area contributed by atoms with E-state index in [-0.39, 0.29) is 41.0 Å². The van der Waals surface area contributed by atoms with Crippen LogP contribution in [-0.4, -0.2) is 56.7 Å². The zero-order valence-electron chi connectivity index (χ0n) is 22.6. The van der Waals surface area contributed by atoms with Gasteiger partial charge < -0.3 is 30.0 Å². The molecule has 1 aromatic carbocycles. The SMILES string of the molecule is C[C@]1(C(N)=O)COc2c1cc([C@@](O)(CNC(=O)c1cn3cc(OC4CC4)ccc3n1)C(F)(F)F)nc2-c1ccc(F)cc1. The van der Waals surface area contributed by atoms with Gasteiger partial charge in [-0.05, 0) is 62.2 Å². The lowest BCUT2D eigenvalue weighted by Crippen LogP contribution is -2.52. The van der Waals surface area contributed by atoms with Gasteiger partial charge in [-0.1, -0.05) is 0 Å². The number of pyridine rings is 2. The van der Waals surface area contributed by atoms with Crippen LogP contribution in [0.1, 0.15) is 41.5 Å². The number of benzene rings is 1. The lowest BCUT2D eigenvalue weighted by atomic mass is 9.81. The molecule has 1 aliphatic heterocycles. The summed E-state index contributed by atoms with van der Waals surface area (Å²) in [5.74, 6) is -1.94. The van der Waals surface area contributed by atoms with Gasteiger partial charge in [-0.15, -0.1) is 0 Å². The van der Waals surface area contributed by atoms with Gasteiger partial charge in [-0.25, -0.2) is 14.4 Å². The van der Waals surface area contributed by atoms with Crippen molar-refractivity contribution in [3.63, 3.8) is 0 Å². The molecule has 0 bridgehead atoms. The molecule has 4 N–H and O–H groups in total. The van der Waals surface area contributed by atoms with Gasteiger partial charge in [-0.2, -0.15) is 13.2 Å². The monoisotopic (exact) mass is 599 g/mol. The van der Waals surface area contributed by atoms with Crippen molar-refractivity contribution in [3.05, 3.63) is 77.6 Å². The number of amides is 2. The number of nitrogens with zero attached hydrogens (tertiary/aromatic N) is 3. The fourth-order valence-corrected chi connectivity index (χ4v) is 4.77. The number of aromatic nitrogens is 3. The van der Waals surface area contributed by atoms with Gasteiger partial charge in [0.05, 0.1) is 24.5 Å². The highest BCUT2D eigenvalue weighted by atomic mass is 19.4.